The second-order valence-electron chi connectivity index (χ2n) is 6.03. The average molecular weight is 452 g/mol. The molecule has 0 bridgehead atoms. The first kappa shape index (κ1) is 22.1. The minimum atomic E-state index is -4.61. The van der Waals surface area contributed by atoms with Gasteiger partial charge in [0.05, 0.1) is 21.3 Å². The Labute approximate surface area is 177 Å². The normalized spacial score (nSPS) is 11.8. The molecule has 8 nitrogen and oxygen atoms in total. The van der Waals surface area contributed by atoms with E-state index in [1.807, 2.05) is 41.8 Å². The van der Waals surface area contributed by atoms with Gasteiger partial charge < -0.3 is 28.7 Å². The maximum atomic E-state index is 10.9. The molecular weight excluding hydrogens is 431 g/mol. The van der Waals surface area contributed by atoms with Gasteiger partial charge in [-0.15, -0.1) is 11.3 Å². The second kappa shape index (κ2) is 9.51. The lowest BCUT2D eigenvalue weighted by atomic mass is 10.1. The van der Waals surface area contributed by atoms with Gasteiger partial charge in [-0.2, -0.15) is 0 Å². The van der Waals surface area contributed by atoms with Crippen LogP contribution < -0.4 is 18.9 Å². The topological polar surface area (TPSA) is 104 Å². The van der Waals surface area contributed by atoms with Gasteiger partial charge >= 0.3 is 7.82 Å². The van der Waals surface area contributed by atoms with Gasteiger partial charge in [-0.05, 0) is 46.8 Å². The molecule has 0 saturated heterocycles. The third kappa shape index (κ3) is 5.33. The summed E-state index contributed by atoms with van der Waals surface area (Å²) in [5.41, 5.74) is 1.67. The van der Waals surface area contributed by atoms with E-state index in [2.05, 4.69) is 4.52 Å². The number of thiophene rings is 1. The number of methoxy groups -OCH3 is 3. The number of fused-ring (bicyclic) bond motifs is 1. The summed E-state index contributed by atoms with van der Waals surface area (Å²) in [6, 6.07) is 9.29. The van der Waals surface area contributed by atoms with Crippen molar-refractivity contribution >= 4 is 41.4 Å². The predicted molar refractivity (Wildman–Crippen MR) is 115 cm³/mol. The average Bonchev–Trinajstić information content (AvgIpc) is 3.19. The zero-order valence-corrected chi connectivity index (χ0v) is 18.2. The molecule has 1 aromatic heterocycles. The van der Waals surface area contributed by atoms with Crippen LogP contribution in [-0.4, -0.2) is 37.9 Å². The molecule has 2 aromatic carbocycles. The van der Waals surface area contributed by atoms with E-state index < -0.39 is 14.6 Å². The highest BCUT2D eigenvalue weighted by atomic mass is 32.1. The molecule has 0 aliphatic rings. The van der Waals surface area contributed by atoms with Crippen molar-refractivity contribution in [3.05, 3.63) is 46.8 Å². The van der Waals surface area contributed by atoms with Crippen LogP contribution in [0.1, 0.15) is 11.1 Å². The van der Waals surface area contributed by atoms with Crippen molar-refractivity contribution in [3.63, 3.8) is 0 Å². The molecule has 3 rings (SSSR count). The smallest absolute Gasteiger partial charge is 0.472 e. The van der Waals surface area contributed by atoms with Crippen LogP contribution in [0.3, 0.4) is 0 Å². The van der Waals surface area contributed by atoms with Gasteiger partial charge in [-0.3, -0.25) is 0 Å². The third-order valence-electron chi connectivity index (χ3n) is 4.15. The van der Waals surface area contributed by atoms with Crippen LogP contribution in [0.2, 0.25) is 0 Å². The fraction of sp³-hybridized carbons (Fsp3) is 0.200. The van der Waals surface area contributed by atoms with Crippen LogP contribution in [0.15, 0.2) is 35.7 Å². The fourth-order valence-corrected chi connectivity index (χ4v) is 3.86. The SMILES string of the molecule is COc1cc(/C=C/c2cc(OCOP(=O)(O)O)c3ccsc3c2)cc(OC)c1OC. The summed E-state index contributed by atoms with van der Waals surface area (Å²) < 4.78 is 37.8. The van der Waals surface area contributed by atoms with Crippen molar-refractivity contribution < 1.29 is 37.8 Å². The van der Waals surface area contributed by atoms with E-state index in [-0.39, 0.29) is 0 Å². The van der Waals surface area contributed by atoms with Crippen LogP contribution in [0.25, 0.3) is 22.2 Å². The number of benzene rings is 2. The van der Waals surface area contributed by atoms with E-state index in [1.54, 1.807) is 27.4 Å². The number of rotatable bonds is 9. The first-order chi connectivity index (χ1) is 14.3. The van der Waals surface area contributed by atoms with Crippen LogP contribution >= 0.6 is 19.2 Å². The zero-order valence-electron chi connectivity index (χ0n) is 16.5. The molecule has 0 radical (unpaired) electrons. The Hall–Kier alpha value is -2.55. The van der Waals surface area contributed by atoms with E-state index in [0.29, 0.717) is 23.0 Å². The molecule has 0 aliphatic carbocycles. The number of hydrogen-bond acceptors (Lipinski definition) is 7. The minimum Gasteiger partial charge on any atom is -0.493 e. The van der Waals surface area contributed by atoms with Gasteiger partial charge in [0.25, 0.3) is 0 Å². The number of phosphoric ester groups is 1. The summed E-state index contributed by atoms with van der Waals surface area (Å²) in [5, 5.41) is 2.74. The van der Waals surface area contributed by atoms with Crippen molar-refractivity contribution in [2.24, 2.45) is 0 Å². The Morgan fingerprint density at radius 2 is 1.53 bits per heavy atom. The van der Waals surface area contributed by atoms with Gasteiger partial charge in [0.2, 0.25) is 5.75 Å². The monoisotopic (exact) mass is 452 g/mol. The van der Waals surface area contributed by atoms with Crippen molar-refractivity contribution in [1.29, 1.82) is 0 Å². The summed E-state index contributed by atoms with van der Waals surface area (Å²) in [6.07, 6.45) is 3.77. The molecule has 3 aromatic rings. The summed E-state index contributed by atoms with van der Waals surface area (Å²) in [7, 11) is 0.0484. The number of phosphoric acid groups is 1. The molecule has 0 aliphatic heterocycles. The molecule has 10 heteroatoms. The van der Waals surface area contributed by atoms with Crippen LogP contribution in [-0.2, 0) is 9.09 Å². The number of ether oxygens (including phenoxy) is 4. The van der Waals surface area contributed by atoms with E-state index in [0.717, 1.165) is 21.2 Å². The highest BCUT2D eigenvalue weighted by Crippen LogP contribution is 2.39. The quantitative estimate of drug-likeness (QED) is 0.277. The molecule has 0 saturated carbocycles. The van der Waals surface area contributed by atoms with Crippen LogP contribution in [0.4, 0.5) is 0 Å². The lowest BCUT2D eigenvalue weighted by Gasteiger charge is -2.13. The minimum absolute atomic E-state index is 0.465. The first-order valence-electron chi connectivity index (χ1n) is 8.67. The van der Waals surface area contributed by atoms with Crippen LogP contribution in [0, 0.1) is 0 Å². The Kier molecular flexibility index (Phi) is 7.02. The number of hydrogen-bond donors (Lipinski definition) is 2. The van der Waals surface area contributed by atoms with E-state index in [9.17, 15) is 4.57 Å². The Morgan fingerprint density at radius 1 is 0.933 bits per heavy atom. The summed E-state index contributed by atoms with van der Waals surface area (Å²) in [5.74, 6) is 2.07. The molecule has 0 amide bonds. The van der Waals surface area contributed by atoms with E-state index >= 15 is 0 Å². The molecule has 0 spiro atoms. The molecule has 0 fully saturated rings. The van der Waals surface area contributed by atoms with Gasteiger partial charge in [-0.1, -0.05) is 12.2 Å². The maximum Gasteiger partial charge on any atom is 0.472 e. The Balaban J connectivity index is 1.90. The first-order valence-corrected chi connectivity index (χ1v) is 11.1. The molecule has 1 heterocycles. The maximum absolute atomic E-state index is 10.9. The van der Waals surface area contributed by atoms with E-state index in [4.69, 9.17) is 28.7 Å². The summed E-state index contributed by atoms with van der Waals surface area (Å²) in [4.78, 5) is 17.7. The van der Waals surface area contributed by atoms with Crippen molar-refractivity contribution in [2.75, 3.05) is 28.1 Å². The zero-order chi connectivity index (χ0) is 21.7. The van der Waals surface area contributed by atoms with Crippen molar-refractivity contribution in [1.82, 2.24) is 0 Å². The van der Waals surface area contributed by atoms with Gasteiger partial charge in [0.15, 0.2) is 18.3 Å². The fourth-order valence-electron chi connectivity index (χ4n) is 2.82. The Bertz CT molecular complexity index is 1080. The summed E-state index contributed by atoms with van der Waals surface area (Å²) in [6.45, 7) is -0.560. The Morgan fingerprint density at radius 3 is 2.10 bits per heavy atom. The molecular formula is C20H21O8PS. The van der Waals surface area contributed by atoms with Crippen LogP contribution in [0.5, 0.6) is 23.0 Å². The lowest BCUT2D eigenvalue weighted by Crippen LogP contribution is -2.01. The van der Waals surface area contributed by atoms with Gasteiger partial charge in [-0.25, -0.2) is 9.09 Å². The molecule has 0 unspecified atom stereocenters. The summed E-state index contributed by atoms with van der Waals surface area (Å²) >= 11 is 1.53. The van der Waals surface area contributed by atoms with E-state index in [1.165, 1.54) is 11.3 Å². The highest BCUT2D eigenvalue weighted by Gasteiger charge is 2.15. The molecule has 2 N–H and O–H groups in total. The van der Waals surface area contributed by atoms with Crippen molar-refractivity contribution in [2.45, 2.75) is 0 Å². The largest absolute Gasteiger partial charge is 0.493 e. The lowest BCUT2D eigenvalue weighted by molar-refractivity contribution is 0.0840. The van der Waals surface area contributed by atoms with Crippen molar-refractivity contribution in [3.8, 4) is 23.0 Å². The second-order valence-corrected chi connectivity index (χ2v) is 8.21. The van der Waals surface area contributed by atoms with Gasteiger partial charge in [0.1, 0.15) is 5.75 Å². The third-order valence-corrected chi connectivity index (χ3v) is 5.45. The predicted octanol–water partition coefficient (Wildman–Crippen LogP) is 4.54. The molecule has 160 valence electrons. The standard InChI is InChI=1S/C20H21O8PS/c1-24-17-9-13(10-18(25-2)20(17)26-3)4-5-14-8-16(27-12-28-29(21,22)23)15-6-7-30-19(15)11-14/h4-11H,12H2,1-3H3,(H2,21,22,23)/b5-4+. The molecule has 0 atom stereocenters. The van der Waals surface area contributed by atoms with Gasteiger partial charge in [0, 0.05) is 10.1 Å². The molecule has 30 heavy (non-hydrogen) atoms. The highest BCUT2D eigenvalue weighted by molar-refractivity contribution is 7.46.